The fourth-order valence-electron chi connectivity index (χ4n) is 2.01. The molecule has 1 aromatic heterocycles. The van der Waals surface area contributed by atoms with Crippen LogP contribution in [0.15, 0.2) is 23.6 Å². The van der Waals surface area contributed by atoms with Gasteiger partial charge >= 0.3 is 0 Å². The third-order valence-corrected chi connectivity index (χ3v) is 4.13. The Morgan fingerprint density at radius 1 is 1.24 bits per heavy atom. The minimum absolute atomic E-state index is 0.0885. The SMILES string of the molecule is Cc1cc2c(cc1C)C(=O)c1sccc1CO2. The largest absolute Gasteiger partial charge is 0.488 e. The van der Waals surface area contributed by atoms with Crippen LogP contribution >= 0.6 is 11.3 Å². The second kappa shape index (κ2) is 3.70. The number of benzene rings is 1. The molecule has 0 spiro atoms. The van der Waals surface area contributed by atoms with Crippen LogP contribution in [0.25, 0.3) is 0 Å². The van der Waals surface area contributed by atoms with Crippen LogP contribution in [0.3, 0.4) is 0 Å². The van der Waals surface area contributed by atoms with Crippen molar-refractivity contribution in [3.8, 4) is 5.75 Å². The molecular weight excluding hydrogens is 232 g/mol. The van der Waals surface area contributed by atoms with Gasteiger partial charge in [0.15, 0.2) is 0 Å². The molecular formula is C14H12O2S. The summed E-state index contributed by atoms with van der Waals surface area (Å²) in [6.07, 6.45) is 0. The highest BCUT2D eigenvalue weighted by Gasteiger charge is 2.23. The summed E-state index contributed by atoms with van der Waals surface area (Å²) < 4.78 is 5.73. The van der Waals surface area contributed by atoms with E-state index in [0.717, 1.165) is 21.6 Å². The summed E-state index contributed by atoms with van der Waals surface area (Å²) in [5.41, 5.74) is 3.96. The molecule has 0 aliphatic carbocycles. The lowest BCUT2D eigenvalue weighted by Crippen LogP contribution is -2.00. The Labute approximate surface area is 104 Å². The quantitative estimate of drug-likeness (QED) is 0.709. The van der Waals surface area contributed by atoms with Gasteiger partial charge in [-0.25, -0.2) is 0 Å². The maximum Gasteiger partial charge on any atom is 0.207 e. The van der Waals surface area contributed by atoms with E-state index < -0.39 is 0 Å². The van der Waals surface area contributed by atoms with E-state index in [1.54, 1.807) is 0 Å². The van der Waals surface area contributed by atoms with Crippen molar-refractivity contribution in [2.24, 2.45) is 0 Å². The first-order valence-electron chi connectivity index (χ1n) is 5.52. The summed E-state index contributed by atoms with van der Waals surface area (Å²) >= 11 is 1.49. The predicted octanol–water partition coefficient (Wildman–Crippen LogP) is 3.49. The highest BCUT2D eigenvalue weighted by molar-refractivity contribution is 7.12. The van der Waals surface area contributed by atoms with E-state index >= 15 is 0 Å². The molecule has 1 aliphatic heterocycles. The molecule has 0 radical (unpaired) electrons. The van der Waals surface area contributed by atoms with Gasteiger partial charge in [-0.05, 0) is 48.6 Å². The predicted molar refractivity (Wildman–Crippen MR) is 68.0 cm³/mol. The molecule has 0 saturated heterocycles. The third-order valence-electron chi connectivity index (χ3n) is 3.18. The Balaban J connectivity index is 2.22. The van der Waals surface area contributed by atoms with Gasteiger partial charge in [0.2, 0.25) is 5.78 Å². The number of ketones is 1. The van der Waals surface area contributed by atoms with E-state index in [9.17, 15) is 4.79 Å². The second-order valence-electron chi connectivity index (χ2n) is 4.33. The van der Waals surface area contributed by atoms with Gasteiger partial charge in [0.05, 0.1) is 10.4 Å². The molecule has 0 saturated carbocycles. The molecule has 2 nitrogen and oxygen atoms in total. The molecule has 1 aromatic carbocycles. The van der Waals surface area contributed by atoms with Crippen molar-refractivity contribution in [1.29, 1.82) is 0 Å². The van der Waals surface area contributed by atoms with Crippen LogP contribution in [0.2, 0.25) is 0 Å². The first-order valence-corrected chi connectivity index (χ1v) is 6.40. The van der Waals surface area contributed by atoms with Gasteiger partial charge in [0.1, 0.15) is 12.4 Å². The van der Waals surface area contributed by atoms with Crippen molar-refractivity contribution in [2.45, 2.75) is 20.5 Å². The number of aryl methyl sites for hydroxylation is 2. The fourth-order valence-corrected chi connectivity index (χ4v) is 2.88. The molecule has 0 unspecified atom stereocenters. The van der Waals surface area contributed by atoms with E-state index in [1.807, 2.05) is 37.4 Å². The number of ether oxygens (including phenoxy) is 1. The van der Waals surface area contributed by atoms with Crippen molar-refractivity contribution in [2.75, 3.05) is 0 Å². The van der Waals surface area contributed by atoms with Gasteiger partial charge < -0.3 is 4.74 Å². The summed E-state index contributed by atoms with van der Waals surface area (Å²) in [5.74, 6) is 0.798. The smallest absolute Gasteiger partial charge is 0.207 e. The summed E-state index contributed by atoms with van der Waals surface area (Å²) in [6, 6.07) is 5.85. The average molecular weight is 244 g/mol. The van der Waals surface area contributed by atoms with Gasteiger partial charge in [-0.3, -0.25) is 4.79 Å². The standard InChI is InChI=1S/C14H12O2S/c1-8-5-11-12(6-9(8)2)16-7-10-3-4-17-14(10)13(11)15/h3-6H,7H2,1-2H3. The molecule has 2 aromatic rings. The molecule has 0 N–H and O–H groups in total. The van der Waals surface area contributed by atoms with Crippen LogP contribution < -0.4 is 4.74 Å². The number of fused-ring (bicyclic) bond motifs is 2. The average Bonchev–Trinajstić information content (AvgIpc) is 2.73. The van der Waals surface area contributed by atoms with Gasteiger partial charge in [-0.1, -0.05) is 0 Å². The summed E-state index contributed by atoms with van der Waals surface area (Å²) in [5, 5.41) is 1.94. The van der Waals surface area contributed by atoms with Crippen molar-refractivity contribution in [3.05, 3.63) is 50.7 Å². The maximum absolute atomic E-state index is 12.4. The van der Waals surface area contributed by atoms with Crippen molar-refractivity contribution < 1.29 is 9.53 Å². The number of rotatable bonds is 0. The zero-order chi connectivity index (χ0) is 12.0. The van der Waals surface area contributed by atoms with Gasteiger partial charge in [0.25, 0.3) is 0 Å². The molecule has 3 heteroatoms. The number of carbonyl (C=O) groups is 1. The highest BCUT2D eigenvalue weighted by atomic mass is 32.1. The number of hydrogen-bond donors (Lipinski definition) is 0. The van der Waals surface area contributed by atoms with E-state index in [1.165, 1.54) is 11.3 Å². The minimum atomic E-state index is 0.0885. The van der Waals surface area contributed by atoms with Gasteiger partial charge in [0, 0.05) is 5.56 Å². The normalized spacial score (nSPS) is 13.6. The molecule has 2 heterocycles. The molecule has 0 fully saturated rings. The maximum atomic E-state index is 12.4. The van der Waals surface area contributed by atoms with Crippen LogP contribution in [0.5, 0.6) is 5.75 Å². The van der Waals surface area contributed by atoms with Gasteiger partial charge in [-0.2, -0.15) is 0 Å². The van der Waals surface area contributed by atoms with E-state index in [4.69, 9.17) is 4.74 Å². The van der Waals surface area contributed by atoms with Crippen LogP contribution in [0.4, 0.5) is 0 Å². The summed E-state index contributed by atoms with van der Waals surface area (Å²) in [4.78, 5) is 13.2. The van der Waals surface area contributed by atoms with Crippen LogP contribution in [-0.4, -0.2) is 5.78 Å². The van der Waals surface area contributed by atoms with Crippen molar-refractivity contribution in [1.82, 2.24) is 0 Å². The molecule has 3 rings (SSSR count). The first kappa shape index (κ1) is 10.5. The Hall–Kier alpha value is -1.61. The first-order chi connectivity index (χ1) is 8.16. The summed E-state index contributed by atoms with van der Waals surface area (Å²) in [6.45, 7) is 4.54. The Kier molecular flexibility index (Phi) is 2.30. The Morgan fingerprint density at radius 3 is 2.82 bits per heavy atom. The topological polar surface area (TPSA) is 26.3 Å². The number of carbonyl (C=O) groups excluding carboxylic acids is 1. The Bertz CT molecular complexity index is 611. The van der Waals surface area contributed by atoms with E-state index in [0.29, 0.717) is 17.9 Å². The Morgan fingerprint density at radius 2 is 2.00 bits per heavy atom. The van der Waals surface area contributed by atoms with Crippen LogP contribution in [-0.2, 0) is 6.61 Å². The molecule has 1 aliphatic rings. The van der Waals surface area contributed by atoms with Crippen molar-refractivity contribution >= 4 is 17.1 Å². The second-order valence-corrected chi connectivity index (χ2v) is 5.24. The molecule has 0 bridgehead atoms. The molecule has 0 amide bonds. The third kappa shape index (κ3) is 1.58. The number of thiophene rings is 1. The minimum Gasteiger partial charge on any atom is -0.488 e. The lowest BCUT2D eigenvalue weighted by atomic mass is 10.0. The highest BCUT2D eigenvalue weighted by Crippen LogP contribution is 2.32. The zero-order valence-electron chi connectivity index (χ0n) is 9.74. The summed E-state index contributed by atoms with van der Waals surface area (Å²) in [7, 11) is 0. The molecule has 86 valence electrons. The van der Waals surface area contributed by atoms with E-state index in [2.05, 4.69) is 0 Å². The lowest BCUT2D eigenvalue weighted by Gasteiger charge is -2.09. The van der Waals surface area contributed by atoms with Crippen LogP contribution in [0, 0.1) is 13.8 Å². The molecule has 17 heavy (non-hydrogen) atoms. The van der Waals surface area contributed by atoms with E-state index in [-0.39, 0.29) is 5.78 Å². The monoisotopic (exact) mass is 244 g/mol. The zero-order valence-corrected chi connectivity index (χ0v) is 10.6. The molecule has 0 atom stereocenters. The van der Waals surface area contributed by atoms with Gasteiger partial charge in [-0.15, -0.1) is 11.3 Å². The number of hydrogen-bond acceptors (Lipinski definition) is 3. The van der Waals surface area contributed by atoms with Crippen molar-refractivity contribution in [3.63, 3.8) is 0 Å². The van der Waals surface area contributed by atoms with Crippen LogP contribution in [0.1, 0.15) is 31.9 Å². The lowest BCUT2D eigenvalue weighted by molar-refractivity contribution is 0.104. The fraction of sp³-hybridized carbons (Fsp3) is 0.214.